The number of benzene rings is 1. The first-order chi connectivity index (χ1) is 7.45. The Hall–Kier alpha value is -1.71. The van der Waals surface area contributed by atoms with Crippen LogP contribution in [0.2, 0.25) is 0 Å². The van der Waals surface area contributed by atoms with Crippen LogP contribution in [-0.2, 0) is 9.53 Å². The van der Waals surface area contributed by atoms with Gasteiger partial charge in [0.2, 0.25) is 0 Å². The van der Waals surface area contributed by atoms with Crippen LogP contribution < -0.4 is 10.5 Å². The maximum Gasteiger partial charge on any atom is 0.349 e. The van der Waals surface area contributed by atoms with Gasteiger partial charge in [0.25, 0.3) is 0 Å². The van der Waals surface area contributed by atoms with E-state index in [1.807, 2.05) is 0 Å². The predicted molar refractivity (Wildman–Crippen MR) is 62.2 cm³/mol. The number of nitrogen functional groups attached to an aromatic ring is 1. The van der Waals surface area contributed by atoms with Crippen molar-refractivity contribution in [3.63, 3.8) is 0 Å². The molecule has 0 radical (unpaired) electrons. The van der Waals surface area contributed by atoms with Crippen molar-refractivity contribution in [3.05, 3.63) is 24.3 Å². The third-order valence-electron chi connectivity index (χ3n) is 2.02. The average molecular weight is 223 g/mol. The number of ether oxygens (including phenoxy) is 2. The lowest BCUT2D eigenvalue weighted by Gasteiger charge is -2.24. The normalized spacial score (nSPS) is 10.9. The molecule has 1 aromatic rings. The van der Waals surface area contributed by atoms with Crippen LogP contribution in [0.3, 0.4) is 0 Å². The van der Waals surface area contributed by atoms with Crippen LogP contribution in [0.4, 0.5) is 5.69 Å². The summed E-state index contributed by atoms with van der Waals surface area (Å²) in [5.74, 6) is 0.207. The summed E-state index contributed by atoms with van der Waals surface area (Å²) in [4.78, 5) is 11.6. The van der Waals surface area contributed by atoms with Gasteiger partial charge in [-0.1, -0.05) is 0 Å². The SMILES string of the molecule is CCOC(=O)C(C)(C)Oc1ccc(N)cc1. The van der Waals surface area contributed by atoms with Gasteiger partial charge >= 0.3 is 5.97 Å². The number of rotatable bonds is 4. The maximum atomic E-state index is 11.6. The lowest BCUT2D eigenvalue weighted by Crippen LogP contribution is -2.39. The van der Waals surface area contributed by atoms with Crippen LogP contribution >= 0.6 is 0 Å². The number of hydrogen-bond acceptors (Lipinski definition) is 4. The molecule has 0 saturated carbocycles. The van der Waals surface area contributed by atoms with Gasteiger partial charge in [-0.25, -0.2) is 4.79 Å². The van der Waals surface area contributed by atoms with Gasteiger partial charge in [0, 0.05) is 5.69 Å². The second-order valence-corrected chi connectivity index (χ2v) is 3.90. The van der Waals surface area contributed by atoms with Crippen molar-refractivity contribution in [3.8, 4) is 5.75 Å². The van der Waals surface area contributed by atoms with E-state index in [4.69, 9.17) is 15.2 Å². The number of hydrogen-bond donors (Lipinski definition) is 1. The Morgan fingerprint density at radius 3 is 2.38 bits per heavy atom. The van der Waals surface area contributed by atoms with Crippen molar-refractivity contribution in [1.82, 2.24) is 0 Å². The molecule has 0 spiro atoms. The molecule has 4 heteroatoms. The Bertz CT molecular complexity index is 357. The molecule has 0 atom stereocenters. The Balaban J connectivity index is 2.72. The number of nitrogens with two attached hydrogens (primary N) is 1. The van der Waals surface area contributed by atoms with Gasteiger partial charge in [0.15, 0.2) is 5.60 Å². The molecule has 2 N–H and O–H groups in total. The van der Waals surface area contributed by atoms with E-state index >= 15 is 0 Å². The molecule has 0 amide bonds. The summed E-state index contributed by atoms with van der Waals surface area (Å²) in [6, 6.07) is 6.87. The summed E-state index contributed by atoms with van der Waals surface area (Å²) in [5.41, 5.74) is 5.21. The van der Waals surface area contributed by atoms with Gasteiger partial charge in [-0.2, -0.15) is 0 Å². The number of anilines is 1. The first-order valence-electron chi connectivity index (χ1n) is 5.17. The van der Waals surface area contributed by atoms with Gasteiger partial charge in [-0.3, -0.25) is 0 Å². The highest BCUT2D eigenvalue weighted by molar-refractivity contribution is 5.79. The highest BCUT2D eigenvalue weighted by Crippen LogP contribution is 2.20. The number of esters is 1. The van der Waals surface area contributed by atoms with Crippen molar-refractivity contribution in [2.24, 2.45) is 0 Å². The summed E-state index contributed by atoms with van der Waals surface area (Å²) in [6.07, 6.45) is 0. The maximum absolute atomic E-state index is 11.6. The van der Waals surface area contributed by atoms with Crippen LogP contribution in [0, 0.1) is 0 Å². The van der Waals surface area contributed by atoms with Crippen molar-refractivity contribution in [2.45, 2.75) is 26.4 Å². The van der Waals surface area contributed by atoms with E-state index in [1.54, 1.807) is 45.0 Å². The van der Waals surface area contributed by atoms with Crippen molar-refractivity contribution in [1.29, 1.82) is 0 Å². The van der Waals surface area contributed by atoms with Crippen molar-refractivity contribution in [2.75, 3.05) is 12.3 Å². The molecular weight excluding hydrogens is 206 g/mol. The third-order valence-corrected chi connectivity index (χ3v) is 2.02. The molecule has 0 aromatic heterocycles. The van der Waals surface area contributed by atoms with Crippen LogP contribution in [0.1, 0.15) is 20.8 Å². The third kappa shape index (κ3) is 3.15. The van der Waals surface area contributed by atoms with Crippen LogP contribution in [0.15, 0.2) is 24.3 Å². The highest BCUT2D eigenvalue weighted by Gasteiger charge is 2.31. The van der Waals surface area contributed by atoms with E-state index < -0.39 is 5.60 Å². The molecule has 1 aromatic carbocycles. The summed E-state index contributed by atoms with van der Waals surface area (Å²) in [5, 5.41) is 0. The lowest BCUT2D eigenvalue weighted by molar-refractivity contribution is -0.158. The zero-order chi connectivity index (χ0) is 12.2. The van der Waals surface area contributed by atoms with Crippen LogP contribution in [0.25, 0.3) is 0 Å². The molecule has 4 nitrogen and oxygen atoms in total. The van der Waals surface area contributed by atoms with E-state index in [0.29, 0.717) is 18.0 Å². The minimum atomic E-state index is -0.994. The predicted octanol–water partition coefficient (Wildman–Crippen LogP) is 1.99. The average Bonchev–Trinajstić information content (AvgIpc) is 2.21. The van der Waals surface area contributed by atoms with Gasteiger partial charge in [-0.05, 0) is 45.0 Å². The molecule has 0 heterocycles. The minimum absolute atomic E-state index is 0.341. The summed E-state index contributed by atoms with van der Waals surface area (Å²) < 4.78 is 10.5. The van der Waals surface area contributed by atoms with E-state index in [1.165, 1.54) is 0 Å². The second kappa shape index (κ2) is 4.88. The fourth-order valence-corrected chi connectivity index (χ4v) is 1.18. The zero-order valence-electron chi connectivity index (χ0n) is 9.82. The fraction of sp³-hybridized carbons (Fsp3) is 0.417. The number of carbonyl (C=O) groups is 1. The first kappa shape index (κ1) is 12.4. The summed E-state index contributed by atoms with van der Waals surface area (Å²) in [6.45, 7) is 5.44. The molecule has 88 valence electrons. The molecule has 0 unspecified atom stereocenters. The quantitative estimate of drug-likeness (QED) is 0.626. The van der Waals surface area contributed by atoms with E-state index in [-0.39, 0.29) is 5.97 Å². The smallest absolute Gasteiger partial charge is 0.349 e. The molecule has 0 fully saturated rings. The largest absolute Gasteiger partial charge is 0.476 e. The standard InChI is InChI=1S/C12H17NO3/c1-4-15-11(14)12(2,3)16-10-7-5-9(13)6-8-10/h5-8H,4,13H2,1-3H3. The van der Waals surface area contributed by atoms with E-state index in [2.05, 4.69) is 0 Å². The zero-order valence-corrected chi connectivity index (χ0v) is 9.82. The fourth-order valence-electron chi connectivity index (χ4n) is 1.18. The molecular formula is C12H17NO3. The molecule has 0 saturated heterocycles. The van der Waals surface area contributed by atoms with Crippen molar-refractivity contribution < 1.29 is 14.3 Å². The lowest BCUT2D eigenvalue weighted by atomic mass is 10.1. The monoisotopic (exact) mass is 223 g/mol. The second-order valence-electron chi connectivity index (χ2n) is 3.90. The minimum Gasteiger partial charge on any atom is -0.476 e. The molecule has 0 aliphatic carbocycles. The Labute approximate surface area is 95.3 Å². The Kier molecular flexibility index (Phi) is 3.77. The topological polar surface area (TPSA) is 61.5 Å². The van der Waals surface area contributed by atoms with Gasteiger partial charge < -0.3 is 15.2 Å². The molecule has 0 bridgehead atoms. The van der Waals surface area contributed by atoms with Crippen LogP contribution in [0.5, 0.6) is 5.75 Å². The van der Waals surface area contributed by atoms with Gasteiger partial charge in [0.05, 0.1) is 6.61 Å². The van der Waals surface area contributed by atoms with Crippen molar-refractivity contribution >= 4 is 11.7 Å². The molecule has 16 heavy (non-hydrogen) atoms. The first-order valence-corrected chi connectivity index (χ1v) is 5.17. The molecule has 1 rings (SSSR count). The van der Waals surface area contributed by atoms with Gasteiger partial charge in [0.1, 0.15) is 5.75 Å². The number of carbonyl (C=O) groups excluding carboxylic acids is 1. The highest BCUT2D eigenvalue weighted by atomic mass is 16.6. The van der Waals surface area contributed by atoms with Gasteiger partial charge in [-0.15, -0.1) is 0 Å². The summed E-state index contributed by atoms with van der Waals surface area (Å²) >= 11 is 0. The Morgan fingerprint density at radius 1 is 1.31 bits per heavy atom. The van der Waals surface area contributed by atoms with E-state index in [0.717, 1.165) is 0 Å². The van der Waals surface area contributed by atoms with Crippen LogP contribution in [-0.4, -0.2) is 18.2 Å². The molecule has 0 aliphatic heterocycles. The molecule has 0 aliphatic rings. The summed E-state index contributed by atoms with van der Waals surface area (Å²) in [7, 11) is 0. The Morgan fingerprint density at radius 2 is 1.88 bits per heavy atom. The van der Waals surface area contributed by atoms with E-state index in [9.17, 15) is 4.79 Å².